The van der Waals surface area contributed by atoms with Crippen molar-refractivity contribution in [3.8, 4) is 0 Å². The van der Waals surface area contributed by atoms with Gasteiger partial charge in [0.2, 0.25) is 0 Å². The summed E-state index contributed by atoms with van der Waals surface area (Å²) in [5, 5.41) is 9.42. The Bertz CT molecular complexity index is 1170. The topological polar surface area (TPSA) is 84.7 Å². The summed E-state index contributed by atoms with van der Waals surface area (Å²) in [4.78, 5) is 31.6. The number of hydrogen-bond acceptors (Lipinski definition) is 5. The molecule has 186 valence electrons. The first-order valence-electron chi connectivity index (χ1n) is 12.4. The van der Waals surface area contributed by atoms with Crippen LogP contribution in [0.3, 0.4) is 0 Å². The Morgan fingerprint density at radius 1 is 1.09 bits per heavy atom. The van der Waals surface area contributed by atoms with E-state index in [9.17, 15) is 14.7 Å². The van der Waals surface area contributed by atoms with E-state index in [0.717, 1.165) is 49.3 Å². The number of piperidine rings is 1. The largest absolute Gasteiger partial charge is 0.481 e. The van der Waals surface area contributed by atoms with Crippen LogP contribution >= 0.6 is 0 Å². The number of likely N-dealkylation sites (tertiary alicyclic amines) is 1. The number of Topliss-reactive ketones (excluding diaryl/α,β-unsaturated/α-hetero) is 1. The van der Waals surface area contributed by atoms with E-state index < -0.39 is 11.4 Å². The highest BCUT2D eigenvalue weighted by atomic mass is 16.5. The molecule has 0 unspecified atom stereocenters. The van der Waals surface area contributed by atoms with E-state index >= 15 is 0 Å². The van der Waals surface area contributed by atoms with Crippen LogP contribution in [0.15, 0.2) is 48.5 Å². The number of para-hydroxylation sites is 2. The molecule has 2 heterocycles. The number of aromatic nitrogens is 2. The van der Waals surface area contributed by atoms with Crippen molar-refractivity contribution in [3.05, 3.63) is 65.5 Å². The van der Waals surface area contributed by atoms with Crippen molar-refractivity contribution in [1.29, 1.82) is 0 Å². The van der Waals surface area contributed by atoms with Crippen LogP contribution in [0.25, 0.3) is 11.0 Å². The van der Waals surface area contributed by atoms with Gasteiger partial charge in [-0.15, -0.1) is 0 Å². The van der Waals surface area contributed by atoms with Crippen LogP contribution < -0.4 is 0 Å². The number of carboxylic acids is 1. The van der Waals surface area contributed by atoms with E-state index in [1.807, 2.05) is 19.1 Å². The number of hydrogen-bond donors (Lipinski definition) is 1. The number of benzene rings is 2. The van der Waals surface area contributed by atoms with Crippen molar-refractivity contribution in [2.75, 3.05) is 32.8 Å². The molecule has 1 fully saturated rings. The molecular weight excluding hydrogens is 442 g/mol. The lowest BCUT2D eigenvalue weighted by Gasteiger charge is -2.31. The van der Waals surface area contributed by atoms with Crippen LogP contribution in [0, 0.1) is 0 Å². The smallest absolute Gasteiger partial charge is 0.313 e. The van der Waals surface area contributed by atoms with Crippen molar-refractivity contribution < 1.29 is 19.4 Å². The number of ether oxygens (including phenoxy) is 1. The van der Waals surface area contributed by atoms with E-state index in [0.29, 0.717) is 36.8 Å². The molecule has 1 N–H and O–H groups in total. The minimum atomic E-state index is -0.984. The third-order valence-corrected chi connectivity index (χ3v) is 7.13. The Hall–Kier alpha value is -3.03. The summed E-state index contributed by atoms with van der Waals surface area (Å²) in [5.41, 5.74) is 2.49. The molecule has 0 bridgehead atoms. The number of fused-ring (bicyclic) bond motifs is 1. The molecule has 7 nitrogen and oxygen atoms in total. The van der Waals surface area contributed by atoms with Gasteiger partial charge < -0.3 is 14.4 Å². The summed E-state index contributed by atoms with van der Waals surface area (Å²) >= 11 is 0. The van der Waals surface area contributed by atoms with Gasteiger partial charge in [0.1, 0.15) is 5.82 Å². The van der Waals surface area contributed by atoms with Crippen LogP contribution in [-0.2, 0) is 21.5 Å². The lowest BCUT2D eigenvalue weighted by molar-refractivity contribution is -0.142. The molecule has 1 aromatic heterocycles. The molecule has 3 aromatic rings. The molecule has 7 heteroatoms. The van der Waals surface area contributed by atoms with Gasteiger partial charge in [-0.1, -0.05) is 36.4 Å². The molecule has 1 saturated heterocycles. The molecule has 1 aliphatic heterocycles. The minimum Gasteiger partial charge on any atom is -0.481 e. The standard InChI is InChI=1S/C28H35N3O4/c1-4-35-18-17-31-24-8-6-5-7-23(24)29-26(31)21-13-15-30(16-14-21)19-25(32)20-9-11-22(12-10-20)28(2,3)27(33)34/h5-12,21H,4,13-19H2,1-3H3,(H,33,34). The van der Waals surface area contributed by atoms with E-state index in [2.05, 4.69) is 21.6 Å². The SMILES string of the molecule is CCOCCn1c(C2CCN(CC(=O)c3ccc(C(C)(C)C(=O)O)cc3)CC2)nc2ccccc21. The van der Waals surface area contributed by atoms with Gasteiger partial charge in [-0.25, -0.2) is 4.98 Å². The summed E-state index contributed by atoms with van der Waals surface area (Å²) in [5.74, 6) is 0.652. The quantitative estimate of drug-likeness (QED) is 0.342. The molecule has 0 saturated carbocycles. The monoisotopic (exact) mass is 477 g/mol. The van der Waals surface area contributed by atoms with E-state index in [4.69, 9.17) is 9.72 Å². The molecule has 1 aliphatic rings. The van der Waals surface area contributed by atoms with Crippen LogP contribution in [-0.4, -0.2) is 64.2 Å². The number of carboxylic acid groups (broad SMARTS) is 1. The fourth-order valence-corrected chi connectivity index (χ4v) is 4.78. The van der Waals surface area contributed by atoms with Gasteiger partial charge in [-0.3, -0.25) is 14.5 Å². The Morgan fingerprint density at radius 3 is 2.43 bits per heavy atom. The zero-order chi connectivity index (χ0) is 25.0. The van der Waals surface area contributed by atoms with Crippen LogP contribution in [0.5, 0.6) is 0 Å². The van der Waals surface area contributed by atoms with Crippen molar-refractivity contribution in [2.45, 2.75) is 51.5 Å². The van der Waals surface area contributed by atoms with Crippen molar-refractivity contribution in [2.24, 2.45) is 0 Å². The third-order valence-electron chi connectivity index (χ3n) is 7.13. The zero-order valence-electron chi connectivity index (χ0n) is 20.9. The van der Waals surface area contributed by atoms with Crippen LogP contribution in [0.1, 0.15) is 61.3 Å². The van der Waals surface area contributed by atoms with Gasteiger partial charge in [-0.05, 0) is 64.4 Å². The first-order chi connectivity index (χ1) is 16.8. The van der Waals surface area contributed by atoms with E-state index in [-0.39, 0.29) is 5.78 Å². The highest BCUT2D eigenvalue weighted by Crippen LogP contribution is 2.30. The molecule has 35 heavy (non-hydrogen) atoms. The summed E-state index contributed by atoms with van der Waals surface area (Å²) < 4.78 is 7.92. The Morgan fingerprint density at radius 2 is 1.77 bits per heavy atom. The average Bonchev–Trinajstić information content (AvgIpc) is 3.23. The summed E-state index contributed by atoms with van der Waals surface area (Å²) in [7, 11) is 0. The second-order valence-corrected chi connectivity index (χ2v) is 9.79. The number of rotatable bonds is 10. The maximum absolute atomic E-state index is 12.9. The molecule has 0 atom stereocenters. The van der Waals surface area contributed by atoms with Gasteiger partial charge >= 0.3 is 5.97 Å². The van der Waals surface area contributed by atoms with Gasteiger partial charge in [0.15, 0.2) is 5.78 Å². The summed E-state index contributed by atoms with van der Waals surface area (Å²) in [6.07, 6.45) is 1.91. The highest BCUT2D eigenvalue weighted by molar-refractivity contribution is 5.97. The fraction of sp³-hybridized carbons (Fsp3) is 0.464. The summed E-state index contributed by atoms with van der Waals surface area (Å²) in [6, 6.07) is 15.2. The number of carbonyl (C=O) groups is 2. The molecule has 0 aliphatic carbocycles. The number of ketones is 1. The first kappa shape index (κ1) is 25.1. The fourth-order valence-electron chi connectivity index (χ4n) is 4.78. The molecule has 0 radical (unpaired) electrons. The Balaban J connectivity index is 1.39. The van der Waals surface area contributed by atoms with E-state index in [1.54, 1.807) is 38.1 Å². The van der Waals surface area contributed by atoms with Crippen molar-refractivity contribution in [1.82, 2.24) is 14.5 Å². The molecule has 0 spiro atoms. The summed E-state index contributed by atoms with van der Waals surface area (Å²) in [6.45, 7) is 9.56. The van der Waals surface area contributed by atoms with E-state index in [1.165, 1.54) is 0 Å². The molecule has 0 amide bonds. The molecular formula is C28H35N3O4. The Kier molecular flexibility index (Phi) is 7.67. The lowest BCUT2D eigenvalue weighted by atomic mass is 9.84. The number of nitrogens with zero attached hydrogens (tertiary/aromatic N) is 3. The van der Waals surface area contributed by atoms with Crippen molar-refractivity contribution >= 4 is 22.8 Å². The van der Waals surface area contributed by atoms with Gasteiger partial charge in [0.25, 0.3) is 0 Å². The van der Waals surface area contributed by atoms with Crippen molar-refractivity contribution in [3.63, 3.8) is 0 Å². The average molecular weight is 478 g/mol. The predicted molar refractivity (Wildman–Crippen MR) is 136 cm³/mol. The maximum atomic E-state index is 12.9. The maximum Gasteiger partial charge on any atom is 0.313 e. The molecule has 2 aromatic carbocycles. The Labute approximate surface area is 206 Å². The normalized spacial score (nSPS) is 15.5. The number of imidazole rings is 1. The number of carbonyl (C=O) groups excluding carboxylic acids is 1. The second kappa shape index (κ2) is 10.7. The van der Waals surface area contributed by atoms with Gasteiger partial charge in [-0.2, -0.15) is 0 Å². The zero-order valence-corrected chi connectivity index (χ0v) is 20.9. The third kappa shape index (κ3) is 5.46. The predicted octanol–water partition coefficient (Wildman–Crippen LogP) is 4.50. The minimum absolute atomic E-state index is 0.0621. The molecule has 4 rings (SSSR count). The van der Waals surface area contributed by atoms with Crippen LogP contribution in [0.2, 0.25) is 0 Å². The second-order valence-electron chi connectivity index (χ2n) is 9.79. The highest BCUT2D eigenvalue weighted by Gasteiger charge is 2.30. The number of aliphatic carboxylic acids is 1. The van der Waals surface area contributed by atoms with Crippen LogP contribution in [0.4, 0.5) is 0 Å². The first-order valence-corrected chi connectivity index (χ1v) is 12.4. The van der Waals surface area contributed by atoms with Gasteiger partial charge in [0, 0.05) is 24.6 Å². The van der Waals surface area contributed by atoms with Gasteiger partial charge in [0.05, 0.1) is 29.6 Å². The lowest BCUT2D eigenvalue weighted by Crippen LogP contribution is -2.37.